The zero-order valence-corrected chi connectivity index (χ0v) is 4.96. The van der Waals surface area contributed by atoms with E-state index in [2.05, 4.69) is 11.9 Å². The molecular formula is C8H13N. The summed E-state index contributed by atoms with van der Waals surface area (Å²) in [6.45, 7) is 2.13. The molecule has 0 aromatic carbocycles. The van der Waals surface area contributed by atoms with Crippen molar-refractivity contribution in [2.24, 2.45) is 0 Å². The van der Waals surface area contributed by atoms with E-state index in [0.717, 1.165) is 6.42 Å². The van der Waals surface area contributed by atoms with Crippen LogP contribution in [0.25, 0.3) is 0 Å². The number of aryl methyl sites for hydroxylation is 1. The Balaban J connectivity index is 0.000000640. The SMILES string of the molecule is C.CCc1ccncc1. The maximum absolute atomic E-state index is 3.89. The van der Waals surface area contributed by atoms with E-state index in [4.69, 9.17) is 0 Å². The summed E-state index contributed by atoms with van der Waals surface area (Å²) < 4.78 is 0. The van der Waals surface area contributed by atoms with Crippen LogP contribution in [0.1, 0.15) is 19.9 Å². The Morgan fingerprint density at radius 2 is 1.89 bits per heavy atom. The van der Waals surface area contributed by atoms with Gasteiger partial charge in [-0.1, -0.05) is 14.4 Å². The monoisotopic (exact) mass is 123 g/mol. The molecule has 0 N–H and O–H groups in total. The number of hydrogen-bond acceptors (Lipinski definition) is 1. The average molecular weight is 123 g/mol. The largest absolute Gasteiger partial charge is 0.265 e. The van der Waals surface area contributed by atoms with Crippen LogP contribution < -0.4 is 0 Å². The first-order valence-corrected chi connectivity index (χ1v) is 2.82. The van der Waals surface area contributed by atoms with Crippen molar-refractivity contribution in [2.45, 2.75) is 20.8 Å². The highest BCUT2D eigenvalue weighted by Gasteiger charge is 1.80. The molecule has 1 rings (SSSR count). The minimum atomic E-state index is 0. The summed E-state index contributed by atoms with van der Waals surface area (Å²) in [4.78, 5) is 3.89. The molecule has 50 valence electrons. The van der Waals surface area contributed by atoms with E-state index >= 15 is 0 Å². The molecule has 0 fully saturated rings. The van der Waals surface area contributed by atoms with Gasteiger partial charge in [-0.2, -0.15) is 0 Å². The topological polar surface area (TPSA) is 12.9 Å². The maximum atomic E-state index is 3.89. The van der Waals surface area contributed by atoms with Gasteiger partial charge in [0.05, 0.1) is 0 Å². The lowest BCUT2D eigenvalue weighted by atomic mass is 10.2. The lowest BCUT2D eigenvalue weighted by Crippen LogP contribution is -1.76. The molecule has 0 spiro atoms. The van der Waals surface area contributed by atoms with Crippen LogP contribution >= 0.6 is 0 Å². The van der Waals surface area contributed by atoms with Gasteiger partial charge < -0.3 is 0 Å². The van der Waals surface area contributed by atoms with Gasteiger partial charge in [-0.15, -0.1) is 0 Å². The van der Waals surface area contributed by atoms with Gasteiger partial charge in [-0.3, -0.25) is 4.98 Å². The van der Waals surface area contributed by atoms with Crippen LogP contribution in [0.4, 0.5) is 0 Å². The molecule has 0 bridgehead atoms. The molecule has 9 heavy (non-hydrogen) atoms. The predicted molar refractivity (Wildman–Crippen MR) is 40.3 cm³/mol. The Hall–Kier alpha value is -0.850. The van der Waals surface area contributed by atoms with Crippen LogP contribution in [0.5, 0.6) is 0 Å². The number of nitrogens with zero attached hydrogens (tertiary/aromatic N) is 1. The molecule has 0 aliphatic heterocycles. The van der Waals surface area contributed by atoms with Crippen molar-refractivity contribution in [1.82, 2.24) is 4.98 Å². The molecule has 0 saturated heterocycles. The Morgan fingerprint density at radius 1 is 1.33 bits per heavy atom. The minimum Gasteiger partial charge on any atom is -0.265 e. The zero-order valence-electron chi connectivity index (χ0n) is 4.96. The van der Waals surface area contributed by atoms with Crippen molar-refractivity contribution in [1.29, 1.82) is 0 Å². The first kappa shape index (κ1) is 8.15. The van der Waals surface area contributed by atoms with Crippen molar-refractivity contribution in [3.05, 3.63) is 30.1 Å². The highest BCUT2D eigenvalue weighted by Crippen LogP contribution is 1.94. The number of rotatable bonds is 1. The Bertz CT molecular complexity index is 146. The smallest absolute Gasteiger partial charge is 0.0270 e. The summed E-state index contributed by atoms with van der Waals surface area (Å²) in [5.74, 6) is 0. The van der Waals surface area contributed by atoms with Gasteiger partial charge in [-0.05, 0) is 24.1 Å². The van der Waals surface area contributed by atoms with Crippen LogP contribution in [0.3, 0.4) is 0 Å². The van der Waals surface area contributed by atoms with E-state index in [1.54, 1.807) is 0 Å². The Morgan fingerprint density at radius 3 is 2.22 bits per heavy atom. The molecule has 0 atom stereocenters. The fourth-order valence-electron chi connectivity index (χ4n) is 0.618. The molecule has 1 nitrogen and oxygen atoms in total. The standard InChI is InChI=1S/C7H9N.CH4/c1-2-7-3-5-8-6-4-7;/h3-6H,2H2,1H3;1H4. The Kier molecular flexibility index (Phi) is 3.69. The van der Waals surface area contributed by atoms with E-state index in [9.17, 15) is 0 Å². The van der Waals surface area contributed by atoms with E-state index in [0.29, 0.717) is 0 Å². The van der Waals surface area contributed by atoms with E-state index in [1.165, 1.54) is 5.56 Å². The maximum Gasteiger partial charge on any atom is 0.0270 e. The molecule has 0 amide bonds. The van der Waals surface area contributed by atoms with Crippen LogP contribution in [0.15, 0.2) is 24.5 Å². The van der Waals surface area contributed by atoms with E-state index in [1.807, 2.05) is 24.5 Å². The molecule has 0 unspecified atom stereocenters. The van der Waals surface area contributed by atoms with Crippen LogP contribution in [-0.4, -0.2) is 4.98 Å². The van der Waals surface area contributed by atoms with Crippen molar-refractivity contribution >= 4 is 0 Å². The van der Waals surface area contributed by atoms with Crippen LogP contribution in [0, 0.1) is 0 Å². The average Bonchev–Trinajstić information content (AvgIpc) is 1.90. The van der Waals surface area contributed by atoms with Crippen LogP contribution in [-0.2, 0) is 6.42 Å². The van der Waals surface area contributed by atoms with Gasteiger partial charge in [0.15, 0.2) is 0 Å². The second-order valence-corrected chi connectivity index (χ2v) is 1.71. The summed E-state index contributed by atoms with van der Waals surface area (Å²) in [5, 5.41) is 0. The van der Waals surface area contributed by atoms with Crippen molar-refractivity contribution < 1.29 is 0 Å². The number of hydrogen-bond donors (Lipinski definition) is 0. The zero-order chi connectivity index (χ0) is 5.82. The normalized spacial score (nSPS) is 8.11. The van der Waals surface area contributed by atoms with Gasteiger partial charge in [0.2, 0.25) is 0 Å². The molecule has 0 aliphatic carbocycles. The van der Waals surface area contributed by atoms with Crippen molar-refractivity contribution in [3.8, 4) is 0 Å². The third-order valence-corrected chi connectivity index (χ3v) is 1.16. The van der Waals surface area contributed by atoms with E-state index < -0.39 is 0 Å². The minimum absolute atomic E-state index is 0. The molecular weight excluding hydrogens is 110 g/mol. The lowest BCUT2D eigenvalue weighted by Gasteiger charge is -1.89. The van der Waals surface area contributed by atoms with E-state index in [-0.39, 0.29) is 7.43 Å². The first-order valence-electron chi connectivity index (χ1n) is 2.82. The summed E-state index contributed by atoms with van der Waals surface area (Å²) in [6.07, 6.45) is 4.74. The van der Waals surface area contributed by atoms with Crippen LogP contribution in [0.2, 0.25) is 0 Å². The molecule has 1 aromatic rings. The highest BCUT2D eigenvalue weighted by molar-refractivity contribution is 5.08. The Labute approximate surface area is 56.8 Å². The molecule has 1 heterocycles. The van der Waals surface area contributed by atoms with Gasteiger partial charge in [-0.25, -0.2) is 0 Å². The lowest BCUT2D eigenvalue weighted by molar-refractivity contribution is 1.12. The third-order valence-electron chi connectivity index (χ3n) is 1.16. The molecule has 1 heteroatoms. The summed E-state index contributed by atoms with van der Waals surface area (Å²) in [5.41, 5.74) is 1.35. The predicted octanol–water partition coefficient (Wildman–Crippen LogP) is 2.28. The molecule has 0 radical (unpaired) electrons. The van der Waals surface area contributed by atoms with Crippen molar-refractivity contribution in [3.63, 3.8) is 0 Å². The first-order chi connectivity index (χ1) is 3.93. The van der Waals surface area contributed by atoms with Gasteiger partial charge >= 0.3 is 0 Å². The fourth-order valence-corrected chi connectivity index (χ4v) is 0.618. The summed E-state index contributed by atoms with van der Waals surface area (Å²) in [7, 11) is 0. The number of pyridine rings is 1. The third kappa shape index (κ3) is 2.27. The van der Waals surface area contributed by atoms with Gasteiger partial charge in [0.1, 0.15) is 0 Å². The fraction of sp³-hybridized carbons (Fsp3) is 0.375. The van der Waals surface area contributed by atoms with Gasteiger partial charge in [0.25, 0.3) is 0 Å². The second kappa shape index (κ2) is 4.07. The highest BCUT2D eigenvalue weighted by atomic mass is 14.6. The van der Waals surface area contributed by atoms with Crippen molar-refractivity contribution in [2.75, 3.05) is 0 Å². The summed E-state index contributed by atoms with van der Waals surface area (Å²) in [6, 6.07) is 4.06. The molecule has 0 aliphatic rings. The second-order valence-electron chi connectivity index (χ2n) is 1.71. The molecule has 0 saturated carbocycles. The quantitative estimate of drug-likeness (QED) is 0.558. The van der Waals surface area contributed by atoms with Gasteiger partial charge in [0, 0.05) is 12.4 Å². The summed E-state index contributed by atoms with van der Waals surface area (Å²) >= 11 is 0. The number of aromatic nitrogens is 1. The molecule has 1 aromatic heterocycles.